The van der Waals surface area contributed by atoms with E-state index < -0.39 is 0 Å². The summed E-state index contributed by atoms with van der Waals surface area (Å²) in [7, 11) is 1.57. The lowest BCUT2D eigenvalue weighted by Crippen LogP contribution is -2.00. The summed E-state index contributed by atoms with van der Waals surface area (Å²) in [6.45, 7) is 4.20. The van der Waals surface area contributed by atoms with Crippen molar-refractivity contribution in [3.63, 3.8) is 0 Å². The van der Waals surface area contributed by atoms with Crippen LogP contribution in [0.4, 0.5) is 0 Å². The quantitative estimate of drug-likeness (QED) is 0.677. The highest BCUT2D eigenvalue weighted by Crippen LogP contribution is 2.26. The summed E-state index contributed by atoms with van der Waals surface area (Å²) in [6, 6.07) is 7.63. The van der Waals surface area contributed by atoms with E-state index in [1.165, 1.54) is 0 Å². The number of aromatic nitrogens is 5. The predicted octanol–water partition coefficient (Wildman–Crippen LogP) is 2.08. The second-order valence-corrected chi connectivity index (χ2v) is 4.14. The van der Waals surface area contributed by atoms with Crippen LogP contribution in [-0.4, -0.2) is 32.1 Å². The van der Waals surface area contributed by atoms with Gasteiger partial charge in [-0.25, -0.2) is 9.97 Å². The van der Waals surface area contributed by atoms with Gasteiger partial charge in [0.1, 0.15) is 5.69 Å². The molecule has 0 saturated carbocycles. The smallest absolute Gasteiger partial charge is 0.242 e. The molecule has 0 N–H and O–H groups in total. The zero-order valence-electron chi connectivity index (χ0n) is 11.0. The van der Waals surface area contributed by atoms with Gasteiger partial charge in [0, 0.05) is 0 Å². The van der Waals surface area contributed by atoms with Crippen molar-refractivity contribution >= 4 is 11.0 Å². The zero-order chi connectivity index (χ0) is 13.9. The molecule has 0 amide bonds. The average Bonchev–Trinajstić information content (AvgIpc) is 2.94. The summed E-state index contributed by atoms with van der Waals surface area (Å²) in [6.07, 6.45) is 3.37. The van der Waals surface area contributed by atoms with Gasteiger partial charge in [-0.3, -0.25) is 0 Å². The van der Waals surface area contributed by atoms with E-state index in [9.17, 15) is 0 Å². The van der Waals surface area contributed by atoms with E-state index in [1.807, 2.05) is 24.3 Å². The number of hydrogen-bond acceptors (Lipinski definition) is 5. The van der Waals surface area contributed by atoms with Crippen molar-refractivity contribution in [3.8, 4) is 17.3 Å². The Bertz CT molecular complexity index is 765. The molecule has 3 aromatic rings. The van der Waals surface area contributed by atoms with Crippen molar-refractivity contribution in [2.75, 3.05) is 7.11 Å². The van der Waals surface area contributed by atoms with Gasteiger partial charge in [0.25, 0.3) is 0 Å². The minimum Gasteiger partial charge on any atom is -0.479 e. The molecule has 0 atom stereocenters. The van der Waals surface area contributed by atoms with Crippen LogP contribution in [0.15, 0.2) is 43.1 Å². The van der Waals surface area contributed by atoms with E-state index >= 15 is 0 Å². The third-order valence-corrected chi connectivity index (χ3v) is 2.80. The van der Waals surface area contributed by atoms with E-state index in [4.69, 9.17) is 4.74 Å². The maximum absolute atomic E-state index is 5.31. The van der Waals surface area contributed by atoms with Crippen LogP contribution in [0.3, 0.4) is 0 Å². The second kappa shape index (κ2) is 5.08. The summed E-state index contributed by atoms with van der Waals surface area (Å²) >= 11 is 0. The Hall–Kier alpha value is -2.76. The zero-order valence-corrected chi connectivity index (χ0v) is 11.0. The van der Waals surface area contributed by atoms with Crippen molar-refractivity contribution < 1.29 is 4.74 Å². The molecule has 2 heterocycles. The van der Waals surface area contributed by atoms with Crippen LogP contribution in [-0.2, 0) is 6.54 Å². The van der Waals surface area contributed by atoms with Crippen molar-refractivity contribution in [3.05, 3.63) is 43.1 Å². The molecule has 2 aromatic heterocycles. The van der Waals surface area contributed by atoms with Crippen LogP contribution in [0, 0.1) is 0 Å². The first-order chi connectivity index (χ1) is 9.81. The standard InChI is InChI=1S/C14H13N5O/c1-3-8-19-15-9-12(18-19)13-14(20-2)17-11-7-5-4-6-10(11)16-13/h3-7,9H,1,8H2,2H3. The first-order valence-electron chi connectivity index (χ1n) is 6.14. The first-order valence-corrected chi connectivity index (χ1v) is 6.14. The van der Waals surface area contributed by atoms with Crippen LogP contribution in [0.5, 0.6) is 5.88 Å². The summed E-state index contributed by atoms with van der Waals surface area (Å²) in [4.78, 5) is 10.5. The minimum atomic E-state index is 0.439. The molecule has 0 bridgehead atoms. The van der Waals surface area contributed by atoms with Gasteiger partial charge in [0.15, 0.2) is 5.69 Å². The molecule has 0 saturated heterocycles. The highest BCUT2D eigenvalue weighted by atomic mass is 16.5. The summed E-state index contributed by atoms with van der Waals surface area (Å²) in [5.41, 5.74) is 2.79. The lowest BCUT2D eigenvalue weighted by atomic mass is 10.2. The van der Waals surface area contributed by atoms with Crippen LogP contribution in [0.1, 0.15) is 0 Å². The molecule has 0 spiro atoms. The van der Waals surface area contributed by atoms with E-state index in [-0.39, 0.29) is 0 Å². The molecule has 0 unspecified atom stereocenters. The first kappa shape index (κ1) is 12.3. The Labute approximate surface area is 115 Å². The van der Waals surface area contributed by atoms with Crippen LogP contribution in [0.2, 0.25) is 0 Å². The van der Waals surface area contributed by atoms with E-state index in [1.54, 1.807) is 24.2 Å². The minimum absolute atomic E-state index is 0.439. The average molecular weight is 267 g/mol. The molecule has 3 rings (SSSR count). The van der Waals surface area contributed by atoms with Crippen molar-refractivity contribution in [2.45, 2.75) is 6.54 Å². The molecule has 0 aliphatic heterocycles. The van der Waals surface area contributed by atoms with E-state index in [0.29, 0.717) is 23.8 Å². The van der Waals surface area contributed by atoms with Crippen LogP contribution >= 0.6 is 0 Å². The molecule has 20 heavy (non-hydrogen) atoms. The number of ether oxygens (including phenoxy) is 1. The van der Waals surface area contributed by atoms with E-state index in [2.05, 4.69) is 26.7 Å². The fourth-order valence-electron chi connectivity index (χ4n) is 1.90. The third kappa shape index (κ3) is 2.11. The number of para-hydroxylation sites is 2. The fourth-order valence-corrected chi connectivity index (χ4v) is 1.90. The monoisotopic (exact) mass is 267 g/mol. The predicted molar refractivity (Wildman–Crippen MR) is 75.3 cm³/mol. The Morgan fingerprint density at radius 2 is 2.00 bits per heavy atom. The van der Waals surface area contributed by atoms with Gasteiger partial charge >= 0.3 is 0 Å². The molecule has 0 fully saturated rings. The van der Waals surface area contributed by atoms with E-state index in [0.717, 1.165) is 11.0 Å². The molecule has 0 aliphatic rings. The lowest BCUT2D eigenvalue weighted by Gasteiger charge is -2.05. The van der Waals surface area contributed by atoms with Gasteiger partial charge in [-0.05, 0) is 12.1 Å². The Morgan fingerprint density at radius 3 is 2.70 bits per heavy atom. The van der Waals surface area contributed by atoms with Gasteiger partial charge in [0.2, 0.25) is 5.88 Å². The fraction of sp³-hybridized carbons (Fsp3) is 0.143. The lowest BCUT2D eigenvalue weighted by molar-refractivity contribution is 0.399. The van der Waals surface area contributed by atoms with Crippen LogP contribution in [0.25, 0.3) is 22.4 Å². The molecular weight excluding hydrogens is 254 g/mol. The normalized spacial score (nSPS) is 10.7. The Balaban J connectivity index is 2.14. The van der Waals surface area contributed by atoms with Gasteiger partial charge in [0.05, 0.1) is 30.9 Å². The second-order valence-electron chi connectivity index (χ2n) is 4.14. The molecule has 6 heteroatoms. The number of fused-ring (bicyclic) bond motifs is 1. The van der Waals surface area contributed by atoms with Crippen molar-refractivity contribution in [1.82, 2.24) is 25.0 Å². The third-order valence-electron chi connectivity index (χ3n) is 2.80. The molecule has 6 nitrogen and oxygen atoms in total. The SMILES string of the molecule is C=CCn1ncc(-c2nc3ccccc3nc2OC)n1. The van der Waals surface area contributed by atoms with Gasteiger partial charge in [-0.2, -0.15) is 15.0 Å². The van der Waals surface area contributed by atoms with Gasteiger partial charge in [-0.15, -0.1) is 6.58 Å². The molecule has 100 valence electrons. The Morgan fingerprint density at radius 1 is 1.25 bits per heavy atom. The number of rotatable bonds is 4. The number of allylic oxidation sites excluding steroid dienone is 1. The summed E-state index contributed by atoms with van der Waals surface area (Å²) in [5, 5.41) is 8.49. The van der Waals surface area contributed by atoms with Gasteiger partial charge in [-0.1, -0.05) is 18.2 Å². The molecular formula is C14H13N5O. The molecule has 0 radical (unpaired) electrons. The van der Waals surface area contributed by atoms with Crippen molar-refractivity contribution in [2.24, 2.45) is 0 Å². The van der Waals surface area contributed by atoms with Crippen LogP contribution < -0.4 is 4.74 Å². The maximum Gasteiger partial charge on any atom is 0.242 e. The summed E-state index contributed by atoms with van der Waals surface area (Å²) < 4.78 is 5.31. The summed E-state index contributed by atoms with van der Waals surface area (Å²) in [5.74, 6) is 0.439. The van der Waals surface area contributed by atoms with Crippen molar-refractivity contribution in [1.29, 1.82) is 0 Å². The number of benzene rings is 1. The highest BCUT2D eigenvalue weighted by molar-refractivity contribution is 5.78. The number of hydrogen-bond donors (Lipinski definition) is 0. The maximum atomic E-state index is 5.31. The largest absolute Gasteiger partial charge is 0.479 e. The van der Waals surface area contributed by atoms with Gasteiger partial charge < -0.3 is 4.74 Å². The highest BCUT2D eigenvalue weighted by Gasteiger charge is 2.14. The molecule has 0 aliphatic carbocycles. The number of nitrogens with zero attached hydrogens (tertiary/aromatic N) is 5. The topological polar surface area (TPSA) is 65.7 Å². The Kier molecular flexibility index (Phi) is 3.12. The molecule has 1 aromatic carbocycles. The number of methoxy groups -OCH3 is 1.